The van der Waals surface area contributed by atoms with Crippen LogP contribution >= 0.6 is 0 Å². The van der Waals surface area contributed by atoms with Gasteiger partial charge < -0.3 is 14.6 Å². The van der Waals surface area contributed by atoms with Crippen molar-refractivity contribution in [2.24, 2.45) is 0 Å². The third kappa shape index (κ3) is 5.20. The van der Waals surface area contributed by atoms with Gasteiger partial charge in [-0.1, -0.05) is 12.1 Å². The van der Waals surface area contributed by atoms with Gasteiger partial charge >= 0.3 is 5.97 Å². The fraction of sp³-hybridized carbons (Fsp3) is 0.240. The Hall–Kier alpha value is -3.41. The zero-order valence-electron chi connectivity index (χ0n) is 17.7. The average Bonchev–Trinajstić information content (AvgIpc) is 2.72. The molecule has 162 valence electrons. The Labute approximate surface area is 180 Å². The zero-order chi connectivity index (χ0) is 22.5. The van der Waals surface area contributed by atoms with Crippen LogP contribution in [-0.2, 0) is 17.6 Å². The number of hydrogen-bond acceptors (Lipinski definition) is 3. The van der Waals surface area contributed by atoms with Gasteiger partial charge in [0.05, 0.1) is 7.11 Å². The summed E-state index contributed by atoms with van der Waals surface area (Å²) in [4.78, 5) is 10.8. The standard InChI is InChI=1S/C25H24F2O4/c1-15-11-19(17-5-4-6-20(26)13-17)12-18(25(15)30-3)7-8-21-16(2)23(10-9-22(21)27)31-14-24(28)29/h4-6,9-13H,7-8,14H2,1-3H3,(H,28,29). The highest BCUT2D eigenvalue weighted by molar-refractivity contribution is 5.69. The molecule has 3 aromatic carbocycles. The predicted molar refractivity (Wildman–Crippen MR) is 115 cm³/mol. The summed E-state index contributed by atoms with van der Waals surface area (Å²) in [6, 6.07) is 12.9. The number of methoxy groups -OCH3 is 1. The molecule has 0 amide bonds. The molecule has 3 aromatic rings. The summed E-state index contributed by atoms with van der Waals surface area (Å²) < 4.78 is 39.1. The molecule has 0 radical (unpaired) electrons. The van der Waals surface area contributed by atoms with Gasteiger partial charge in [-0.2, -0.15) is 0 Å². The van der Waals surface area contributed by atoms with Gasteiger partial charge in [-0.25, -0.2) is 13.6 Å². The molecule has 0 aliphatic rings. The first-order chi connectivity index (χ1) is 14.8. The first kappa shape index (κ1) is 22.3. The van der Waals surface area contributed by atoms with Crippen LogP contribution in [0, 0.1) is 25.5 Å². The number of carbonyl (C=O) groups is 1. The number of halogens is 2. The lowest BCUT2D eigenvalue weighted by molar-refractivity contribution is -0.139. The van der Waals surface area contributed by atoms with Gasteiger partial charge in [-0.05, 0) is 96.5 Å². The van der Waals surface area contributed by atoms with Crippen LogP contribution < -0.4 is 9.47 Å². The Kier molecular flexibility index (Phi) is 6.90. The van der Waals surface area contributed by atoms with E-state index in [1.165, 1.54) is 24.3 Å². The summed E-state index contributed by atoms with van der Waals surface area (Å²) in [6.45, 7) is 3.13. The molecule has 0 aromatic heterocycles. The topological polar surface area (TPSA) is 55.8 Å². The highest BCUT2D eigenvalue weighted by Crippen LogP contribution is 2.33. The largest absolute Gasteiger partial charge is 0.496 e. The first-order valence-corrected chi connectivity index (χ1v) is 9.86. The van der Waals surface area contributed by atoms with Gasteiger partial charge in [0.25, 0.3) is 0 Å². The molecule has 0 aliphatic heterocycles. The van der Waals surface area contributed by atoms with E-state index >= 15 is 0 Å². The normalized spacial score (nSPS) is 10.7. The van der Waals surface area contributed by atoms with Crippen molar-refractivity contribution in [2.45, 2.75) is 26.7 Å². The predicted octanol–water partition coefficient (Wildman–Crippen LogP) is 5.51. The zero-order valence-corrected chi connectivity index (χ0v) is 17.7. The number of hydrogen-bond donors (Lipinski definition) is 1. The molecular formula is C25H24F2O4. The first-order valence-electron chi connectivity index (χ1n) is 9.86. The van der Waals surface area contributed by atoms with E-state index < -0.39 is 12.6 Å². The van der Waals surface area contributed by atoms with Gasteiger partial charge in [0.2, 0.25) is 0 Å². The summed E-state index contributed by atoms with van der Waals surface area (Å²) in [5, 5.41) is 8.83. The molecule has 0 saturated heterocycles. The van der Waals surface area contributed by atoms with E-state index in [9.17, 15) is 13.6 Å². The Balaban J connectivity index is 1.92. The van der Waals surface area contributed by atoms with E-state index in [-0.39, 0.29) is 11.6 Å². The molecule has 0 spiro atoms. The molecule has 6 heteroatoms. The van der Waals surface area contributed by atoms with Crippen molar-refractivity contribution in [1.82, 2.24) is 0 Å². The minimum Gasteiger partial charge on any atom is -0.496 e. The quantitative estimate of drug-likeness (QED) is 0.516. The van der Waals surface area contributed by atoms with Crippen LogP contribution in [0.3, 0.4) is 0 Å². The monoisotopic (exact) mass is 426 g/mol. The minimum absolute atomic E-state index is 0.316. The van der Waals surface area contributed by atoms with E-state index in [0.717, 1.165) is 22.3 Å². The second-order valence-electron chi connectivity index (χ2n) is 7.33. The summed E-state index contributed by atoms with van der Waals surface area (Å²) >= 11 is 0. The number of benzene rings is 3. The molecular weight excluding hydrogens is 402 g/mol. The van der Waals surface area contributed by atoms with Gasteiger partial charge in [-0.15, -0.1) is 0 Å². The van der Waals surface area contributed by atoms with Crippen LogP contribution in [0.1, 0.15) is 22.3 Å². The summed E-state index contributed by atoms with van der Waals surface area (Å²) in [6.07, 6.45) is 0.845. The smallest absolute Gasteiger partial charge is 0.341 e. The SMILES string of the molecule is COc1c(C)cc(-c2cccc(F)c2)cc1CCc1c(F)ccc(OCC(=O)O)c1C. The van der Waals surface area contributed by atoms with Crippen LogP contribution in [0.25, 0.3) is 11.1 Å². The van der Waals surface area contributed by atoms with Crippen molar-refractivity contribution in [1.29, 1.82) is 0 Å². The highest BCUT2D eigenvalue weighted by atomic mass is 19.1. The number of ether oxygens (including phenoxy) is 2. The van der Waals surface area contributed by atoms with Crippen molar-refractivity contribution in [3.8, 4) is 22.6 Å². The third-order valence-corrected chi connectivity index (χ3v) is 5.20. The number of carboxylic acid groups (broad SMARTS) is 1. The Morgan fingerprint density at radius 1 is 1.00 bits per heavy atom. The maximum absolute atomic E-state index is 14.5. The van der Waals surface area contributed by atoms with Gasteiger partial charge in [0.1, 0.15) is 23.1 Å². The summed E-state index contributed by atoms with van der Waals surface area (Å²) in [7, 11) is 1.58. The fourth-order valence-corrected chi connectivity index (χ4v) is 3.72. The van der Waals surface area contributed by atoms with Crippen molar-refractivity contribution in [3.63, 3.8) is 0 Å². The maximum atomic E-state index is 14.5. The lowest BCUT2D eigenvalue weighted by atomic mass is 9.94. The molecule has 0 atom stereocenters. The van der Waals surface area contributed by atoms with E-state index in [4.69, 9.17) is 14.6 Å². The Morgan fingerprint density at radius 2 is 1.77 bits per heavy atom. The second kappa shape index (κ2) is 9.60. The van der Waals surface area contributed by atoms with E-state index in [2.05, 4.69) is 0 Å². The maximum Gasteiger partial charge on any atom is 0.341 e. The van der Waals surface area contributed by atoms with Crippen molar-refractivity contribution < 1.29 is 28.2 Å². The molecule has 0 fully saturated rings. The molecule has 0 unspecified atom stereocenters. The van der Waals surface area contributed by atoms with E-state index in [1.54, 1.807) is 20.1 Å². The highest BCUT2D eigenvalue weighted by Gasteiger charge is 2.15. The lowest BCUT2D eigenvalue weighted by Gasteiger charge is -2.16. The summed E-state index contributed by atoms with van der Waals surface area (Å²) in [5.41, 5.74) is 4.39. The molecule has 4 nitrogen and oxygen atoms in total. The van der Waals surface area contributed by atoms with Crippen molar-refractivity contribution in [2.75, 3.05) is 13.7 Å². The lowest BCUT2D eigenvalue weighted by Crippen LogP contribution is -2.11. The van der Waals surface area contributed by atoms with Crippen molar-refractivity contribution >= 4 is 5.97 Å². The minimum atomic E-state index is -1.10. The van der Waals surface area contributed by atoms with E-state index in [1.807, 2.05) is 25.1 Å². The van der Waals surface area contributed by atoms with Crippen LogP contribution in [0.4, 0.5) is 8.78 Å². The molecule has 1 N–H and O–H groups in total. The van der Waals surface area contributed by atoms with Gasteiger partial charge in [0.15, 0.2) is 6.61 Å². The second-order valence-corrected chi connectivity index (χ2v) is 7.33. The molecule has 0 heterocycles. The van der Waals surface area contributed by atoms with Crippen LogP contribution in [0.15, 0.2) is 48.5 Å². The molecule has 31 heavy (non-hydrogen) atoms. The molecule has 0 aliphatic carbocycles. The van der Waals surface area contributed by atoms with Crippen LogP contribution in [-0.4, -0.2) is 24.8 Å². The number of rotatable bonds is 8. The third-order valence-electron chi connectivity index (χ3n) is 5.20. The fourth-order valence-electron chi connectivity index (χ4n) is 3.72. The average molecular weight is 426 g/mol. The van der Waals surface area contributed by atoms with E-state index in [0.29, 0.717) is 35.5 Å². The number of aryl methyl sites for hydroxylation is 2. The summed E-state index contributed by atoms with van der Waals surface area (Å²) in [5.74, 6) is -0.743. The molecule has 0 saturated carbocycles. The molecule has 0 bridgehead atoms. The number of carboxylic acids is 1. The van der Waals surface area contributed by atoms with Crippen molar-refractivity contribution in [3.05, 3.63) is 82.4 Å². The molecule has 3 rings (SSSR count). The van der Waals surface area contributed by atoms with Gasteiger partial charge in [-0.3, -0.25) is 0 Å². The number of aliphatic carboxylic acids is 1. The van der Waals surface area contributed by atoms with Gasteiger partial charge in [0, 0.05) is 0 Å². The van der Waals surface area contributed by atoms with Crippen LogP contribution in [0.2, 0.25) is 0 Å². The Morgan fingerprint density at radius 3 is 2.45 bits per heavy atom. The van der Waals surface area contributed by atoms with Crippen LogP contribution in [0.5, 0.6) is 11.5 Å². The Bertz CT molecular complexity index is 1110.